The topological polar surface area (TPSA) is 85.1 Å². The van der Waals surface area contributed by atoms with E-state index in [1.54, 1.807) is 13.1 Å². The number of carbonyl (C=O) groups excluding carboxylic acids is 1. The molecule has 1 aromatic rings. The molecule has 0 unspecified atom stereocenters. The van der Waals surface area contributed by atoms with E-state index in [-0.39, 0.29) is 11.6 Å². The summed E-state index contributed by atoms with van der Waals surface area (Å²) in [7, 11) is 1.54. The van der Waals surface area contributed by atoms with E-state index in [2.05, 4.69) is 10.3 Å². The van der Waals surface area contributed by atoms with E-state index in [0.29, 0.717) is 23.3 Å². The fraction of sp³-hybridized carbons (Fsp3) is 0.200. The first-order chi connectivity index (χ1) is 7.61. The first-order valence-electron chi connectivity index (χ1n) is 4.68. The van der Waals surface area contributed by atoms with Crippen molar-refractivity contribution in [2.75, 3.05) is 7.05 Å². The van der Waals surface area contributed by atoms with Crippen molar-refractivity contribution in [1.82, 2.24) is 10.3 Å². The predicted molar refractivity (Wildman–Crippen MR) is 56.6 cm³/mol. The van der Waals surface area contributed by atoms with Crippen molar-refractivity contribution in [2.24, 2.45) is 0 Å². The Balaban J connectivity index is 2.36. The van der Waals surface area contributed by atoms with Gasteiger partial charge in [0.05, 0.1) is 10.6 Å². The highest BCUT2D eigenvalue weighted by Gasteiger charge is 2.21. The molecular weight excluding hydrogens is 210 g/mol. The number of carbonyl (C=O) groups is 1. The normalized spacial score (nSPS) is 12.9. The van der Waals surface area contributed by atoms with Crippen LogP contribution in [0.25, 0.3) is 6.08 Å². The summed E-state index contributed by atoms with van der Waals surface area (Å²) in [5.41, 5.74) is 1.86. The molecular formula is C10H9N3O3. The van der Waals surface area contributed by atoms with Crippen LogP contribution in [-0.2, 0) is 11.2 Å². The molecule has 0 radical (unpaired) electrons. The first-order valence-corrected chi connectivity index (χ1v) is 4.68. The standard InChI is InChI=1S/C10H9N3O3/c1-11-10(14)7-2-6-3-8(13(15)16)5-12-9(6)4-7/h2-3,5H,4H2,1H3,(H,11,14). The van der Waals surface area contributed by atoms with Gasteiger partial charge in [0.2, 0.25) is 5.91 Å². The molecule has 6 nitrogen and oxygen atoms in total. The van der Waals surface area contributed by atoms with Crippen molar-refractivity contribution < 1.29 is 9.72 Å². The molecule has 1 N–H and O–H groups in total. The molecule has 0 bridgehead atoms. The summed E-state index contributed by atoms with van der Waals surface area (Å²) in [4.78, 5) is 25.4. The minimum atomic E-state index is -0.501. The number of hydrogen-bond acceptors (Lipinski definition) is 4. The Bertz CT molecular complexity index is 508. The largest absolute Gasteiger partial charge is 0.355 e. The molecule has 0 saturated heterocycles. The zero-order valence-corrected chi connectivity index (χ0v) is 8.56. The molecule has 0 fully saturated rings. The third-order valence-corrected chi connectivity index (χ3v) is 2.41. The second-order valence-electron chi connectivity index (χ2n) is 3.41. The first kappa shape index (κ1) is 10.3. The lowest BCUT2D eigenvalue weighted by atomic mass is 10.2. The summed E-state index contributed by atoms with van der Waals surface area (Å²) in [6, 6.07) is 1.43. The highest BCUT2D eigenvalue weighted by Crippen LogP contribution is 2.26. The second-order valence-corrected chi connectivity index (χ2v) is 3.41. The Kier molecular flexibility index (Phi) is 2.40. The summed E-state index contributed by atoms with van der Waals surface area (Å²) < 4.78 is 0. The van der Waals surface area contributed by atoms with Crippen molar-refractivity contribution in [1.29, 1.82) is 0 Å². The molecule has 2 rings (SSSR count). The lowest BCUT2D eigenvalue weighted by Gasteiger charge is -1.98. The summed E-state index contributed by atoms with van der Waals surface area (Å²) >= 11 is 0. The molecule has 0 spiro atoms. The molecule has 1 heterocycles. The van der Waals surface area contributed by atoms with Gasteiger partial charge in [-0.3, -0.25) is 19.9 Å². The van der Waals surface area contributed by atoms with Crippen LogP contribution in [0.1, 0.15) is 11.3 Å². The number of pyridine rings is 1. The van der Waals surface area contributed by atoms with Crippen molar-refractivity contribution in [3.63, 3.8) is 0 Å². The zero-order chi connectivity index (χ0) is 11.7. The molecule has 6 heteroatoms. The predicted octanol–water partition coefficient (Wildman–Crippen LogP) is 0.675. The number of aromatic nitrogens is 1. The van der Waals surface area contributed by atoms with Gasteiger partial charge in [-0.25, -0.2) is 0 Å². The van der Waals surface area contributed by atoms with Crippen LogP contribution in [0.2, 0.25) is 0 Å². The van der Waals surface area contributed by atoms with Crippen LogP contribution in [0.4, 0.5) is 5.69 Å². The Labute approximate surface area is 91.1 Å². The van der Waals surface area contributed by atoms with Crippen LogP contribution in [0.5, 0.6) is 0 Å². The fourth-order valence-corrected chi connectivity index (χ4v) is 1.60. The quantitative estimate of drug-likeness (QED) is 0.585. The molecule has 1 aliphatic rings. The average molecular weight is 219 g/mol. The van der Waals surface area contributed by atoms with Gasteiger partial charge in [0.25, 0.3) is 5.69 Å². The van der Waals surface area contributed by atoms with Crippen LogP contribution in [0.3, 0.4) is 0 Å². The SMILES string of the molecule is CNC(=O)C1=Cc2cc([N+](=O)[O-])cnc2C1. The number of nitro groups is 1. The second kappa shape index (κ2) is 3.73. The Morgan fingerprint density at radius 1 is 1.62 bits per heavy atom. The van der Waals surface area contributed by atoms with Gasteiger partial charge in [0.15, 0.2) is 0 Å². The van der Waals surface area contributed by atoms with Gasteiger partial charge >= 0.3 is 0 Å². The van der Waals surface area contributed by atoms with Crippen molar-refractivity contribution >= 4 is 17.7 Å². The fourth-order valence-electron chi connectivity index (χ4n) is 1.60. The maximum Gasteiger partial charge on any atom is 0.288 e. The van der Waals surface area contributed by atoms with Crippen molar-refractivity contribution in [2.45, 2.75) is 6.42 Å². The molecule has 1 aliphatic carbocycles. The maximum atomic E-state index is 11.4. The molecule has 1 aromatic heterocycles. The third-order valence-electron chi connectivity index (χ3n) is 2.41. The summed E-state index contributed by atoms with van der Waals surface area (Å²) in [5.74, 6) is -0.180. The van der Waals surface area contributed by atoms with E-state index in [0.717, 1.165) is 0 Å². The number of hydrogen-bond donors (Lipinski definition) is 1. The number of rotatable bonds is 2. The van der Waals surface area contributed by atoms with E-state index in [4.69, 9.17) is 0 Å². The van der Waals surface area contributed by atoms with Gasteiger partial charge in [-0.1, -0.05) is 0 Å². The van der Waals surface area contributed by atoms with Gasteiger partial charge < -0.3 is 5.32 Å². The van der Waals surface area contributed by atoms with Crippen LogP contribution in [-0.4, -0.2) is 22.9 Å². The highest BCUT2D eigenvalue weighted by molar-refractivity contribution is 6.00. The van der Waals surface area contributed by atoms with E-state index >= 15 is 0 Å². The zero-order valence-electron chi connectivity index (χ0n) is 8.56. The summed E-state index contributed by atoms with van der Waals surface area (Å²) in [5, 5.41) is 13.0. The lowest BCUT2D eigenvalue weighted by molar-refractivity contribution is -0.385. The monoisotopic (exact) mass is 219 g/mol. The van der Waals surface area contributed by atoms with Gasteiger partial charge in [0, 0.05) is 30.7 Å². The lowest BCUT2D eigenvalue weighted by Crippen LogP contribution is -2.19. The summed E-state index contributed by atoms with van der Waals surface area (Å²) in [6.07, 6.45) is 3.26. The van der Waals surface area contributed by atoms with Gasteiger partial charge in [0.1, 0.15) is 6.20 Å². The third kappa shape index (κ3) is 1.65. The minimum absolute atomic E-state index is 0.0619. The van der Waals surface area contributed by atoms with Crippen LogP contribution in [0, 0.1) is 10.1 Å². The Hall–Kier alpha value is -2.24. The van der Waals surface area contributed by atoms with Crippen LogP contribution < -0.4 is 5.32 Å². The van der Waals surface area contributed by atoms with Gasteiger partial charge in [-0.2, -0.15) is 0 Å². The van der Waals surface area contributed by atoms with E-state index in [1.807, 2.05) is 0 Å². The van der Waals surface area contributed by atoms with Gasteiger partial charge in [-0.05, 0) is 6.08 Å². The molecule has 0 aliphatic heterocycles. The molecule has 1 amide bonds. The number of nitrogens with one attached hydrogen (secondary N) is 1. The average Bonchev–Trinajstić information content (AvgIpc) is 2.70. The number of likely N-dealkylation sites (N-methyl/N-ethyl adjacent to an activating group) is 1. The molecule has 0 atom stereocenters. The Morgan fingerprint density at radius 3 is 3.00 bits per heavy atom. The summed E-state index contributed by atoms with van der Waals surface area (Å²) in [6.45, 7) is 0. The smallest absolute Gasteiger partial charge is 0.288 e. The van der Waals surface area contributed by atoms with Gasteiger partial charge in [-0.15, -0.1) is 0 Å². The minimum Gasteiger partial charge on any atom is -0.355 e. The molecule has 0 saturated carbocycles. The maximum absolute atomic E-state index is 11.4. The molecule has 82 valence electrons. The van der Waals surface area contributed by atoms with Crippen LogP contribution in [0.15, 0.2) is 17.8 Å². The van der Waals surface area contributed by atoms with Crippen molar-refractivity contribution in [3.8, 4) is 0 Å². The van der Waals surface area contributed by atoms with E-state index in [1.165, 1.54) is 12.3 Å². The molecule has 0 aromatic carbocycles. The van der Waals surface area contributed by atoms with E-state index < -0.39 is 4.92 Å². The van der Waals surface area contributed by atoms with Crippen molar-refractivity contribution in [3.05, 3.63) is 39.2 Å². The highest BCUT2D eigenvalue weighted by atomic mass is 16.6. The Morgan fingerprint density at radius 2 is 2.38 bits per heavy atom. The number of nitrogens with zero attached hydrogens (tertiary/aromatic N) is 2. The number of fused-ring (bicyclic) bond motifs is 1. The molecule has 16 heavy (non-hydrogen) atoms. The van der Waals surface area contributed by atoms with E-state index in [9.17, 15) is 14.9 Å². The number of amides is 1. The van der Waals surface area contributed by atoms with Crippen LogP contribution >= 0.6 is 0 Å².